The summed E-state index contributed by atoms with van der Waals surface area (Å²) >= 11 is 0. The second-order valence-corrected chi connectivity index (χ2v) is 6.59. The van der Waals surface area contributed by atoms with Gasteiger partial charge in [0, 0.05) is 13.1 Å². The molecule has 0 bridgehead atoms. The highest BCUT2D eigenvalue weighted by Crippen LogP contribution is 2.24. The van der Waals surface area contributed by atoms with E-state index in [0.29, 0.717) is 13.0 Å². The highest BCUT2D eigenvalue weighted by Gasteiger charge is 2.33. The third kappa shape index (κ3) is 5.91. The van der Waals surface area contributed by atoms with Gasteiger partial charge >= 0.3 is 0 Å². The van der Waals surface area contributed by atoms with Gasteiger partial charge in [-0.1, -0.05) is 60.7 Å². The minimum Gasteiger partial charge on any atom is -0.483 e. The maximum Gasteiger partial charge on any atom is 0.290 e. The van der Waals surface area contributed by atoms with Crippen LogP contribution in [-0.2, 0) is 9.59 Å². The molecule has 144 valence electrons. The van der Waals surface area contributed by atoms with E-state index in [0.717, 1.165) is 17.7 Å². The van der Waals surface area contributed by atoms with Crippen molar-refractivity contribution in [3.63, 3.8) is 0 Å². The Kier molecular flexibility index (Phi) is 7.98. The Balaban J connectivity index is 0.000000817. The van der Waals surface area contributed by atoms with Crippen molar-refractivity contribution in [3.05, 3.63) is 71.8 Å². The number of carbonyl (C=O) groups excluding carboxylic acids is 1. The summed E-state index contributed by atoms with van der Waals surface area (Å²) in [6.45, 7) is 1.16. The number of aliphatic hydroxyl groups excluding tert-OH is 1. The van der Waals surface area contributed by atoms with E-state index in [9.17, 15) is 9.90 Å². The van der Waals surface area contributed by atoms with Crippen LogP contribution in [-0.4, -0.2) is 53.7 Å². The third-order valence-electron chi connectivity index (χ3n) is 4.67. The monoisotopic (exact) mass is 370 g/mol. The van der Waals surface area contributed by atoms with E-state index in [-0.39, 0.29) is 18.4 Å². The van der Waals surface area contributed by atoms with Crippen LogP contribution in [0.3, 0.4) is 0 Å². The maximum absolute atomic E-state index is 12.8. The van der Waals surface area contributed by atoms with Gasteiger partial charge in [-0.25, -0.2) is 0 Å². The van der Waals surface area contributed by atoms with Crippen molar-refractivity contribution in [3.8, 4) is 0 Å². The molecule has 2 aromatic rings. The molecule has 1 fully saturated rings. The van der Waals surface area contributed by atoms with Crippen molar-refractivity contribution >= 4 is 12.4 Å². The zero-order chi connectivity index (χ0) is 19.6. The van der Waals surface area contributed by atoms with Gasteiger partial charge in [-0.2, -0.15) is 0 Å². The Morgan fingerprint density at radius 2 is 1.59 bits per heavy atom. The number of aliphatic hydroxyl groups is 1. The lowest BCUT2D eigenvalue weighted by molar-refractivity contribution is -0.131. The maximum atomic E-state index is 12.8. The summed E-state index contributed by atoms with van der Waals surface area (Å²) in [6, 6.07) is 19.7. The summed E-state index contributed by atoms with van der Waals surface area (Å²) in [7, 11) is 1.98. The lowest BCUT2D eigenvalue weighted by atomic mass is 9.92. The van der Waals surface area contributed by atoms with E-state index in [1.807, 2.05) is 67.7 Å². The predicted octanol–water partition coefficient (Wildman–Crippen LogP) is 1.91. The Hall–Kier alpha value is -2.70. The molecule has 0 aromatic heterocycles. The van der Waals surface area contributed by atoms with Gasteiger partial charge in [0.1, 0.15) is 0 Å². The average Bonchev–Trinajstić information content (AvgIpc) is 2.70. The Bertz CT molecular complexity index is 669. The van der Waals surface area contributed by atoms with Gasteiger partial charge < -0.3 is 20.4 Å². The van der Waals surface area contributed by atoms with Crippen LogP contribution in [0.4, 0.5) is 0 Å². The highest BCUT2D eigenvalue weighted by molar-refractivity contribution is 5.80. The molecule has 0 unspecified atom stereocenters. The fraction of sp³-hybridized carbons (Fsp3) is 0.333. The topological polar surface area (TPSA) is 89.9 Å². The molecular weight excluding hydrogens is 344 g/mol. The number of rotatable bonds is 4. The Labute approximate surface area is 159 Å². The van der Waals surface area contributed by atoms with Crippen molar-refractivity contribution in [2.45, 2.75) is 18.6 Å². The summed E-state index contributed by atoms with van der Waals surface area (Å²) in [5, 5.41) is 20.3. The van der Waals surface area contributed by atoms with E-state index in [4.69, 9.17) is 9.90 Å². The fourth-order valence-corrected chi connectivity index (χ4v) is 3.26. The molecule has 1 heterocycles. The van der Waals surface area contributed by atoms with Crippen LogP contribution in [0.1, 0.15) is 23.6 Å². The first-order valence-corrected chi connectivity index (χ1v) is 8.91. The number of hydrogen-bond acceptors (Lipinski definition) is 4. The van der Waals surface area contributed by atoms with Gasteiger partial charge in [0.2, 0.25) is 5.91 Å². The third-order valence-corrected chi connectivity index (χ3v) is 4.67. The normalized spacial score (nSPS) is 19.7. The number of benzene rings is 2. The molecule has 3 N–H and O–H groups in total. The molecule has 2 aromatic carbocycles. The molecular formula is C21H26N2O4. The summed E-state index contributed by atoms with van der Waals surface area (Å²) < 4.78 is 0. The molecule has 1 aliphatic heterocycles. The second-order valence-electron chi connectivity index (χ2n) is 6.59. The van der Waals surface area contributed by atoms with Crippen LogP contribution < -0.4 is 5.32 Å². The largest absolute Gasteiger partial charge is 0.483 e. The number of carboxylic acid groups (broad SMARTS) is 1. The van der Waals surface area contributed by atoms with Crippen molar-refractivity contribution in [2.75, 3.05) is 20.1 Å². The lowest BCUT2D eigenvalue weighted by Crippen LogP contribution is -2.49. The van der Waals surface area contributed by atoms with Gasteiger partial charge in [-0.3, -0.25) is 9.59 Å². The molecule has 6 heteroatoms. The molecule has 1 amide bonds. The van der Waals surface area contributed by atoms with Crippen LogP contribution in [0.2, 0.25) is 0 Å². The minimum absolute atomic E-state index is 0.0910. The van der Waals surface area contributed by atoms with E-state index >= 15 is 0 Å². The second kappa shape index (κ2) is 10.4. The first kappa shape index (κ1) is 20.6. The van der Waals surface area contributed by atoms with Crippen LogP contribution in [0.5, 0.6) is 0 Å². The van der Waals surface area contributed by atoms with E-state index in [1.165, 1.54) is 0 Å². The van der Waals surface area contributed by atoms with Crippen molar-refractivity contribution < 1.29 is 19.8 Å². The molecule has 6 nitrogen and oxygen atoms in total. The van der Waals surface area contributed by atoms with Crippen molar-refractivity contribution in [1.29, 1.82) is 0 Å². The summed E-state index contributed by atoms with van der Waals surface area (Å²) in [6.07, 6.45) is 0.0593. The lowest BCUT2D eigenvalue weighted by Gasteiger charge is -2.34. The molecule has 1 saturated heterocycles. The highest BCUT2D eigenvalue weighted by atomic mass is 16.3. The molecule has 0 radical (unpaired) electrons. The zero-order valence-corrected chi connectivity index (χ0v) is 15.4. The molecule has 0 aliphatic carbocycles. The zero-order valence-electron chi connectivity index (χ0n) is 15.4. The number of nitrogens with zero attached hydrogens (tertiary/aromatic N) is 1. The van der Waals surface area contributed by atoms with Gasteiger partial charge in [-0.15, -0.1) is 0 Å². The first-order chi connectivity index (χ1) is 13.1. The van der Waals surface area contributed by atoms with Crippen molar-refractivity contribution in [2.24, 2.45) is 5.92 Å². The van der Waals surface area contributed by atoms with Gasteiger partial charge in [0.15, 0.2) is 0 Å². The summed E-state index contributed by atoms with van der Waals surface area (Å²) in [4.78, 5) is 23.3. The SMILES string of the molecule is CN1CC[C@H](O)[C@H](C(=O)NC(c2ccccc2)c2ccccc2)C1.O=CO. The number of carbonyl (C=O) groups is 2. The van der Waals surface area contributed by atoms with Crippen LogP contribution in [0.25, 0.3) is 0 Å². The Morgan fingerprint density at radius 3 is 2.07 bits per heavy atom. The fourth-order valence-electron chi connectivity index (χ4n) is 3.26. The number of amides is 1. The van der Waals surface area contributed by atoms with E-state index in [2.05, 4.69) is 10.2 Å². The van der Waals surface area contributed by atoms with E-state index in [1.54, 1.807) is 0 Å². The quantitative estimate of drug-likeness (QED) is 0.716. The molecule has 27 heavy (non-hydrogen) atoms. The van der Waals surface area contributed by atoms with Crippen LogP contribution in [0, 0.1) is 5.92 Å². The molecule has 3 rings (SSSR count). The van der Waals surface area contributed by atoms with E-state index < -0.39 is 12.0 Å². The number of likely N-dealkylation sites (tertiary alicyclic amines) is 1. The van der Waals surface area contributed by atoms with Gasteiger partial charge in [0.25, 0.3) is 6.47 Å². The molecule has 2 atom stereocenters. The summed E-state index contributed by atoms with van der Waals surface area (Å²) in [5.41, 5.74) is 2.08. The van der Waals surface area contributed by atoms with Crippen LogP contribution >= 0.6 is 0 Å². The van der Waals surface area contributed by atoms with Crippen molar-refractivity contribution in [1.82, 2.24) is 10.2 Å². The predicted molar refractivity (Wildman–Crippen MR) is 103 cm³/mol. The standard InChI is InChI=1S/C20H24N2O2.CH2O2/c1-22-13-12-18(23)17(14-22)20(24)21-19(15-8-4-2-5-9-15)16-10-6-3-7-11-16;2-1-3/h2-11,17-19,23H,12-14H2,1H3,(H,21,24);1H,(H,2,3)/t17-,18+;/m1./s1. The summed E-state index contributed by atoms with van der Waals surface area (Å²) in [5.74, 6) is -0.481. The number of hydrogen-bond donors (Lipinski definition) is 3. The molecule has 1 aliphatic rings. The number of nitrogens with one attached hydrogen (secondary N) is 1. The average molecular weight is 370 g/mol. The first-order valence-electron chi connectivity index (χ1n) is 8.91. The smallest absolute Gasteiger partial charge is 0.290 e. The minimum atomic E-state index is -0.576. The Morgan fingerprint density at radius 1 is 1.11 bits per heavy atom. The number of piperidine rings is 1. The van der Waals surface area contributed by atoms with Gasteiger partial charge in [0.05, 0.1) is 18.1 Å². The molecule has 0 saturated carbocycles. The van der Waals surface area contributed by atoms with Crippen LogP contribution in [0.15, 0.2) is 60.7 Å². The molecule has 0 spiro atoms. The van der Waals surface area contributed by atoms with Gasteiger partial charge in [-0.05, 0) is 24.6 Å².